The number of carbonyl (C=O) groups is 1. The van der Waals surface area contributed by atoms with E-state index < -0.39 is 15.9 Å². The zero-order valence-electron chi connectivity index (χ0n) is 18.3. The molecule has 0 radical (unpaired) electrons. The van der Waals surface area contributed by atoms with Gasteiger partial charge in [-0.3, -0.25) is 9.10 Å². The van der Waals surface area contributed by atoms with E-state index in [4.69, 9.17) is 9.47 Å². The molecule has 8 nitrogen and oxygen atoms in total. The van der Waals surface area contributed by atoms with Crippen molar-refractivity contribution in [2.75, 3.05) is 30.3 Å². The lowest BCUT2D eigenvalue weighted by Crippen LogP contribution is -2.39. The van der Waals surface area contributed by atoms with Gasteiger partial charge in [-0.25, -0.2) is 13.8 Å². The Labute approximate surface area is 183 Å². The highest BCUT2D eigenvalue weighted by Gasteiger charge is 2.22. The fourth-order valence-electron chi connectivity index (χ4n) is 2.93. The molecule has 2 aromatic rings. The fourth-order valence-corrected chi connectivity index (χ4v) is 3.81. The fraction of sp³-hybridized carbons (Fsp3) is 0.364. The van der Waals surface area contributed by atoms with Gasteiger partial charge in [0.25, 0.3) is 5.91 Å². The number of nitrogens with one attached hydrogen (secondary N) is 1. The van der Waals surface area contributed by atoms with Gasteiger partial charge in [0.1, 0.15) is 6.54 Å². The molecule has 0 aliphatic rings. The highest BCUT2D eigenvalue weighted by atomic mass is 32.2. The minimum absolute atomic E-state index is 0.374. The number of sulfonamides is 1. The zero-order chi connectivity index (χ0) is 22.9. The first-order valence-corrected chi connectivity index (χ1v) is 11.9. The lowest BCUT2D eigenvalue weighted by Gasteiger charge is -2.23. The number of anilines is 1. The van der Waals surface area contributed by atoms with Crippen LogP contribution in [0.2, 0.25) is 0 Å². The summed E-state index contributed by atoms with van der Waals surface area (Å²) in [7, 11) is -3.65. The number of nitrogens with zero attached hydrogens (tertiary/aromatic N) is 2. The number of rotatable bonds is 11. The largest absolute Gasteiger partial charge is 0.490 e. The molecule has 0 aliphatic heterocycles. The molecule has 0 atom stereocenters. The van der Waals surface area contributed by atoms with Gasteiger partial charge >= 0.3 is 0 Å². The number of para-hydroxylation sites is 1. The Kier molecular flexibility index (Phi) is 8.87. The van der Waals surface area contributed by atoms with Crippen LogP contribution in [0.25, 0.3) is 0 Å². The molecule has 0 aromatic heterocycles. The predicted molar refractivity (Wildman–Crippen MR) is 123 cm³/mol. The van der Waals surface area contributed by atoms with Crippen LogP contribution >= 0.6 is 0 Å². The summed E-state index contributed by atoms with van der Waals surface area (Å²) in [6, 6.07) is 12.4. The van der Waals surface area contributed by atoms with Crippen LogP contribution in [0, 0.1) is 0 Å². The number of hydrogen-bond acceptors (Lipinski definition) is 6. The van der Waals surface area contributed by atoms with Gasteiger partial charge in [0, 0.05) is 0 Å². The molecule has 0 fully saturated rings. The predicted octanol–water partition coefficient (Wildman–Crippen LogP) is 2.96. The number of amides is 1. The quantitative estimate of drug-likeness (QED) is 0.422. The first-order chi connectivity index (χ1) is 14.8. The van der Waals surface area contributed by atoms with Crippen molar-refractivity contribution in [1.29, 1.82) is 0 Å². The van der Waals surface area contributed by atoms with Crippen molar-refractivity contribution in [3.63, 3.8) is 0 Å². The van der Waals surface area contributed by atoms with Gasteiger partial charge in [0.15, 0.2) is 11.5 Å². The molecule has 2 rings (SSSR count). The molecule has 1 N–H and O–H groups in total. The summed E-state index contributed by atoms with van der Waals surface area (Å²) >= 11 is 0. The molecule has 0 unspecified atom stereocenters. The Bertz CT molecular complexity index is 1020. The average molecular weight is 448 g/mol. The number of ether oxygens (including phenoxy) is 2. The summed E-state index contributed by atoms with van der Waals surface area (Å²) in [4.78, 5) is 12.4. The summed E-state index contributed by atoms with van der Waals surface area (Å²) in [5, 5.41) is 3.95. The minimum Gasteiger partial charge on any atom is -0.490 e. The number of carbonyl (C=O) groups excluding carboxylic acids is 1. The first kappa shape index (κ1) is 24.2. The normalized spacial score (nSPS) is 11.4. The maximum absolute atomic E-state index is 12.4. The molecule has 0 saturated carbocycles. The van der Waals surface area contributed by atoms with Crippen LogP contribution in [0.5, 0.6) is 11.5 Å². The Morgan fingerprint density at radius 3 is 2.39 bits per heavy atom. The van der Waals surface area contributed by atoms with Crippen LogP contribution in [0.3, 0.4) is 0 Å². The maximum atomic E-state index is 12.4. The molecule has 9 heteroatoms. The van der Waals surface area contributed by atoms with Crippen molar-refractivity contribution in [2.24, 2.45) is 5.10 Å². The molecule has 168 valence electrons. The molecule has 1 amide bonds. The van der Waals surface area contributed by atoms with Crippen LogP contribution in [0.4, 0.5) is 5.69 Å². The van der Waals surface area contributed by atoms with Gasteiger partial charge in [-0.1, -0.05) is 25.1 Å². The Morgan fingerprint density at radius 1 is 1.06 bits per heavy atom. The summed E-state index contributed by atoms with van der Waals surface area (Å²) in [6.45, 7) is 6.32. The monoisotopic (exact) mass is 447 g/mol. The van der Waals surface area contributed by atoms with Gasteiger partial charge in [0.05, 0.1) is 31.4 Å². The molecule has 31 heavy (non-hydrogen) atoms. The second-order valence-electron chi connectivity index (χ2n) is 6.62. The summed E-state index contributed by atoms with van der Waals surface area (Å²) in [6.07, 6.45) is 3.17. The van der Waals surface area contributed by atoms with E-state index in [-0.39, 0.29) is 6.54 Å². The lowest BCUT2D eigenvalue weighted by molar-refractivity contribution is -0.119. The smallest absolute Gasteiger partial charge is 0.260 e. The van der Waals surface area contributed by atoms with E-state index in [0.717, 1.165) is 16.1 Å². The topological polar surface area (TPSA) is 97.3 Å². The van der Waals surface area contributed by atoms with Crippen molar-refractivity contribution in [1.82, 2.24) is 5.43 Å². The highest BCUT2D eigenvalue weighted by Crippen LogP contribution is 2.28. The zero-order valence-corrected chi connectivity index (χ0v) is 19.1. The second-order valence-corrected chi connectivity index (χ2v) is 8.52. The van der Waals surface area contributed by atoms with Gasteiger partial charge < -0.3 is 9.47 Å². The van der Waals surface area contributed by atoms with E-state index in [1.165, 1.54) is 6.21 Å². The van der Waals surface area contributed by atoms with Crippen molar-refractivity contribution in [3.05, 3.63) is 53.6 Å². The maximum Gasteiger partial charge on any atom is 0.260 e. The summed E-state index contributed by atoms with van der Waals surface area (Å²) in [5.41, 5.74) is 4.40. The van der Waals surface area contributed by atoms with E-state index >= 15 is 0 Å². The standard InChI is InChI=1S/C22H29N3O5S/c1-5-18-10-8-9-11-19(18)25(31(4,27)28)16-22(26)24-23-15-17-12-13-20(29-6-2)21(14-17)30-7-3/h8-15H,5-7,16H2,1-4H3,(H,24,26)/b23-15-. The highest BCUT2D eigenvalue weighted by molar-refractivity contribution is 7.92. The van der Waals surface area contributed by atoms with Crippen molar-refractivity contribution in [2.45, 2.75) is 27.2 Å². The van der Waals surface area contributed by atoms with Crippen molar-refractivity contribution >= 4 is 27.8 Å². The van der Waals surface area contributed by atoms with Crippen LogP contribution < -0.4 is 19.2 Å². The number of aryl methyl sites for hydroxylation is 1. The van der Waals surface area contributed by atoms with Crippen LogP contribution in [-0.2, 0) is 21.2 Å². The van der Waals surface area contributed by atoms with E-state index in [1.807, 2.05) is 32.9 Å². The first-order valence-electron chi connectivity index (χ1n) is 10.1. The molecule has 2 aromatic carbocycles. The molecule has 0 bridgehead atoms. The molecular weight excluding hydrogens is 418 g/mol. The summed E-state index contributed by atoms with van der Waals surface area (Å²) < 4.78 is 36.8. The molecule has 0 aliphatic carbocycles. The third kappa shape index (κ3) is 6.99. The number of hydrogen-bond donors (Lipinski definition) is 1. The van der Waals surface area contributed by atoms with E-state index in [0.29, 0.717) is 42.4 Å². The molecule has 0 spiro atoms. The van der Waals surface area contributed by atoms with Gasteiger partial charge in [-0.15, -0.1) is 0 Å². The van der Waals surface area contributed by atoms with Crippen LogP contribution in [0.1, 0.15) is 31.9 Å². The summed E-state index contributed by atoms with van der Waals surface area (Å²) in [5.74, 6) is 0.659. The van der Waals surface area contributed by atoms with Gasteiger partial charge in [-0.2, -0.15) is 5.10 Å². The van der Waals surface area contributed by atoms with Gasteiger partial charge in [-0.05, 0) is 55.7 Å². The lowest BCUT2D eigenvalue weighted by atomic mass is 10.1. The second kappa shape index (κ2) is 11.4. The Hall–Kier alpha value is -3.07. The van der Waals surface area contributed by atoms with Crippen LogP contribution in [0.15, 0.2) is 47.6 Å². The third-order valence-electron chi connectivity index (χ3n) is 4.30. The van der Waals surface area contributed by atoms with Crippen molar-refractivity contribution < 1.29 is 22.7 Å². The Balaban J connectivity index is 2.12. The minimum atomic E-state index is -3.65. The average Bonchev–Trinajstić information content (AvgIpc) is 2.73. The van der Waals surface area contributed by atoms with Gasteiger partial charge in [0.2, 0.25) is 10.0 Å². The molecular formula is C22H29N3O5S. The molecule has 0 heterocycles. The van der Waals surface area contributed by atoms with E-state index in [9.17, 15) is 13.2 Å². The number of benzene rings is 2. The Morgan fingerprint density at radius 2 is 1.74 bits per heavy atom. The third-order valence-corrected chi connectivity index (χ3v) is 5.43. The van der Waals surface area contributed by atoms with E-state index in [2.05, 4.69) is 10.5 Å². The SMILES string of the molecule is CCOc1ccc(/C=N\NC(=O)CN(c2ccccc2CC)S(C)(=O)=O)cc1OCC. The van der Waals surface area contributed by atoms with E-state index in [1.54, 1.807) is 30.3 Å². The van der Waals surface area contributed by atoms with Crippen LogP contribution in [-0.4, -0.2) is 46.6 Å². The molecule has 0 saturated heterocycles. The van der Waals surface area contributed by atoms with Crippen molar-refractivity contribution in [3.8, 4) is 11.5 Å². The number of hydrazone groups is 1.